The fourth-order valence-electron chi connectivity index (χ4n) is 3.40. The Balaban J connectivity index is 1.82. The van der Waals surface area contributed by atoms with Crippen LogP contribution in [0.2, 0.25) is 0 Å². The Morgan fingerprint density at radius 2 is 1.96 bits per heavy atom. The number of nitrogens with zero attached hydrogens (tertiary/aromatic N) is 2. The highest BCUT2D eigenvalue weighted by molar-refractivity contribution is 6.02. The molecule has 130 valence electrons. The fourth-order valence-corrected chi connectivity index (χ4v) is 3.40. The summed E-state index contributed by atoms with van der Waals surface area (Å²) in [4.78, 5) is 27.1. The van der Waals surface area contributed by atoms with Gasteiger partial charge in [0.25, 0.3) is 11.5 Å². The molecule has 1 aliphatic heterocycles. The third-order valence-corrected chi connectivity index (χ3v) is 4.98. The molecule has 25 heavy (non-hydrogen) atoms. The predicted molar refractivity (Wildman–Crippen MR) is 93.9 cm³/mol. The van der Waals surface area contributed by atoms with Crippen molar-refractivity contribution in [1.29, 1.82) is 0 Å². The Morgan fingerprint density at radius 1 is 1.20 bits per heavy atom. The number of carbonyl (C=O) groups is 1. The molecule has 1 aromatic heterocycles. The molecule has 6 heteroatoms. The number of aromatic nitrogens is 1. The van der Waals surface area contributed by atoms with Gasteiger partial charge in [-0.3, -0.25) is 14.2 Å². The van der Waals surface area contributed by atoms with E-state index in [0.29, 0.717) is 30.4 Å². The number of benzene rings is 1. The van der Waals surface area contributed by atoms with Crippen LogP contribution in [0.4, 0.5) is 15.9 Å². The molecule has 5 nitrogen and oxygen atoms in total. The van der Waals surface area contributed by atoms with E-state index >= 15 is 0 Å². The van der Waals surface area contributed by atoms with Gasteiger partial charge in [-0.25, -0.2) is 4.39 Å². The number of hydrogen-bond acceptors (Lipinski definition) is 3. The highest BCUT2D eigenvalue weighted by Crippen LogP contribution is 2.34. The van der Waals surface area contributed by atoms with Gasteiger partial charge in [-0.15, -0.1) is 0 Å². The lowest BCUT2D eigenvalue weighted by molar-refractivity contribution is 0.0727. The Kier molecular flexibility index (Phi) is 3.63. The SMILES string of the molecule is Cc1ccc(Nc2c3c(cc(=O)n2C)CCN(C2CC2)C3=O)c(F)c1. The Bertz CT molecular complexity index is 931. The van der Waals surface area contributed by atoms with Gasteiger partial charge in [0.2, 0.25) is 0 Å². The van der Waals surface area contributed by atoms with Crippen LogP contribution in [-0.4, -0.2) is 28.0 Å². The summed E-state index contributed by atoms with van der Waals surface area (Å²) in [6, 6.07) is 6.67. The Labute approximate surface area is 145 Å². The van der Waals surface area contributed by atoms with Crippen molar-refractivity contribution in [3.8, 4) is 0 Å². The summed E-state index contributed by atoms with van der Waals surface area (Å²) in [6.07, 6.45) is 2.71. The zero-order chi connectivity index (χ0) is 17.7. The third-order valence-electron chi connectivity index (χ3n) is 4.98. The number of aryl methyl sites for hydroxylation is 1. The van der Waals surface area contributed by atoms with Crippen molar-refractivity contribution < 1.29 is 9.18 Å². The molecule has 2 aromatic rings. The van der Waals surface area contributed by atoms with Gasteiger partial charge in [-0.2, -0.15) is 0 Å². The number of anilines is 2. The lowest BCUT2D eigenvalue weighted by Crippen LogP contribution is -2.41. The van der Waals surface area contributed by atoms with Crippen LogP contribution in [0, 0.1) is 12.7 Å². The first kappa shape index (κ1) is 15.9. The zero-order valence-corrected chi connectivity index (χ0v) is 14.3. The molecule has 0 spiro atoms. The maximum atomic E-state index is 14.3. The van der Waals surface area contributed by atoms with Crippen molar-refractivity contribution in [2.75, 3.05) is 11.9 Å². The second-order valence-electron chi connectivity index (χ2n) is 6.88. The minimum absolute atomic E-state index is 0.0747. The van der Waals surface area contributed by atoms with E-state index in [-0.39, 0.29) is 17.2 Å². The Hall–Kier alpha value is -2.63. The van der Waals surface area contributed by atoms with Gasteiger partial charge in [0, 0.05) is 25.7 Å². The minimum atomic E-state index is -0.410. The summed E-state index contributed by atoms with van der Waals surface area (Å²) in [7, 11) is 1.60. The normalized spacial score (nSPS) is 16.8. The number of pyridine rings is 1. The minimum Gasteiger partial charge on any atom is -0.339 e. The van der Waals surface area contributed by atoms with E-state index < -0.39 is 5.82 Å². The highest BCUT2D eigenvalue weighted by atomic mass is 19.1. The number of amides is 1. The predicted octanol–water partition coefficient (Wildman–Crippen LogP) is 2.74. The van der Waals surface area contributed by atoms with Crippen LogP contribution in [-0.2, 0) is 13.5 Å². The molecule has 0 unspecified atom stereocenters. The second kappa shape index (κ2) is 5.72. The molecule has 1 aliphatic carbocycles. The average Bonchev–Trinajstić information content (AvgIpc) is 3.39. The number of halogens is 1. The van der Waals surface area contributed by atoms with Gasteiger partial charge < -0.3 is 10.2 Å². The van der Waals surface area contributed by atoms with Crippen LogP contribution in [0.3, 0.4) is 0 Å². The van der Waals surface area contributed by atoms with Crippen molar-refractivity contribution >= 4 is 17.4 Å². The van der Waals surface area contributed by atoms with E-state index in [0.717, 1.165) is 24.0 Å². The van der Waals surface area contributed by atoms with Gasteiger partial charge in [0.1, 0.15) is 11.6 Å². The molecule has 1 fully saturated rings. The maximum Gasteiger partial charge on any atom is 0.258 e. The van der Waals surface area contributed by atoms with Gasteiger partial charge in [-0.05, 0) is 49.4 Å². The number of hydrogen-bond donors (Lipinski definition) is 1. The topological polar surface area (TPSA) is 54.3 Å². The van der Waals surface area contributed by atoms with Gasteiger partial charge in [0.05, 0.1) is 11.3 Å². The van der Waals surface area contributed by atoms with E-state index in [2.05, 4.69) is 5.32 Å². The lowest BCUT2D eigenvalue weighted by atomic mass is 9.99. The van der Waals surface area contributed by atoms with Crippen LogP contribution in [0.5, 0.6) is 0 Å². The summed E-state index contributed by atoms with van der Waals surface area (Å²) >= 11 is 0. The average molecular weight is 341 g/mol. The molecule has 0 atom stereocenters. The van der Waals surface area contributed by atoms with E-state index in [9.17, 15) is 14.0 Å². The summed E-state index contributed by atoms with van der Waals surface area (Å²) in [5.74, 6) is -0.123. The number of fused-ring (bicyclic) bond motifs is 1. The first-order chi connectivity index (χ1) is 12.0. The summed E-state index contributed by atoms with van der Waals surface area (Å²) in [5, 5.41) is 2.99. The lowest BCUT2D eigenvalue weighted by Gasteiger charge is -2.30. The maximum absolute atomic E-state index is 14.3. The van der Waals surface area contributed by atoms with Crippen molar-refractivity contribution in [2.24, 2.45) is 7.05 Å². The molecule has 1 aromatic carbocycles. The Morgan fingerprint density at radius 3 is 2.64 bits per heavy atom. The molecule has 0 radical (unpaired) electrons. The quantitative estimate of drug-likeness (QED) is 0.934. The summed E-state index contributed by atoms with van der Waals surface area (Å²) in [5.41, 5.74) is 2.08. The number of nitrogens with one attached hydrogen (secondary N) is 1. The second-order valence-corrected chi connectivity index (χ2v) is 6.88. The number of carbonyl (C=O) groups excluding carboxylic acids is 1. The van der Waals surface area contributed by atoms with Gasteiger partial charge in [-0.1, -0.05) is 6.07 Å². The van der Waals surface area contributed by atoms with Gasteiger partial charge >= 0.3 is 0 Å². The van der Waals surface area contributed by atoms with E-state index in [4.69, 9.17) is 0 Å². The standard InChI is InChI=1S/C19H20FN3O2/c1-11-3-6-15(14(20)9-11)21-18-17-12(10-16(24)22(18)2)7-8-23(19(17)25)13-4-5-13/h3,6,9-10,13,21H,4-5,7-8H2,1-2H3. The molecule has 4 rings (SSSR count). The van der Waals surface area contributed by atoms with Crippen LogP contribution >= 0.6 is 0 Å². The van der Waals surface area contributed by atoms with E-state index in [1.54, 1.807) is 19.2 Å². The number of rotatable bonds is 3. The highest BCUT2D eigenvalue weighted by Gasteiger charge is 2.38. The third kappa shape index (κ3) is 2.71. The molecule has 2 aliphatic rings. The van der Waals surface area contributed by atoms with Crippen LogP contribution in [0.15, 0.2) is 29.1 Å². The smallest absolute Gasteiger partial charge is 0.258 e. The van der Waals surface area contributed by atoms with Crippen molar-refractivity contribution in [1.82, 2.24) is 9.47 Å². The van der Waals surface area contributed by atoms with Crippen LogP contribution < -0.4 is 10.9 Å². The zero-order valence-electron chi connectivity index (χ0n) is 14.3. The molecule has 1 saturated carbocycles. The summed E-state index contributed by atoms with van der Waals surface area (Å²) in [6.45, 7) is 2.45. The molecule has 1 N–H and O–H groups in total. The van der Waals surface area contributed by atoms with Crippen LogP contribution in [0.1, 0.15) is 34.3 Å². The fraction of sp³-hybridized carbons (Fsp3) is 0.368. The van der Waals surface area contributed by atoms with Crippen molar-refractivity contribution in [3.63, 3.8) is 0 Å². The molecule has 2 heterocycles. The van der Waals surface area contributed by atoms with Crippen LogP contribution in [0.25, 0.3) is 0 Å². The summed E-state index contributed by atoms with van der Waals surface area (Å²) < 4.78 is 15.6. The first-order valence-corrected chi connectivity index (χ1v) is 8.53. The first-order valence-electron chi connectivity index (χ1n) is 8.53. The molecular weight excluding hydrogens is 321 g/mol. The molecule has 0 saturated heterocycles. The largest absolute Gasteiger partial charge is 0.339 e. The van der Waals surface area contributed by atoms with Gasteiger partial charge in [0.15, 0.2) is 0 Å². The van der Waals surface area contributed by atoms with E-state index in [1.807, 2.05) is 11.8 Å². The molecule has 0 bridgehead atoms. The van der Waals surface area contributed by atoms with Crippen molar-refractivity contribution in [2.45, 2.75) is 32.2 Å². The van der Waals surface area contributed by atoms with Crippen molar-refractivity contribution in [3.05, 3.63) is 57.1 Å². The van der Waals surface area contributed by atoms with E-state index in [1.165, 1.54) is 16.7 Å². The molecular formula is C19H20FN3O2. The molecule has 1 amide bonds. The monoisotopic (exact) mass is 341 g/mol.